The Balaban J connectivity index is 1.97. The maximum Gasteiger partial charge on any atom is 0.328 e. The Hall–Kier alpha value is -2.67. The minimum Gasteiger partial charge on any atom is -0.464 e. The number of nitrogens with one attached hydrogen (secondary N) is 2. The lowest BCUT2D eigenvalue weighted by Gasteiger charge is -2.14. The second-order valence-electron chi connectivity index (χ2n) is 5.60. The first-order valence-electron chi connectivity index (χ1n) is 7.86. The van der Waals surface area contributed by atoms with E-state index in [2.05, 4.69) is 20.6 Å². The summed E-state index contributed by atoms with van der Waals surface area (Å²) in [5.74, 6) is -0.258. The number of anilines is 2. The van der Waals surface area contributed by atoms with Gasteiger partial charge in [0.25, 0.3) is 0 Å². The lowest BCUT2D eigenvalue weighted by Crippen LogP contribution is -2.29. The molecule has 0 spiro atoms. The largest absolute Gasteiger partial charge is 0.464 e. The van der Waals surface area contributed by atoms with Crippen LogP contribution in [0.3, 0.4) is 0 Å². The highest BCUT2D eigenvalue weighted by Gasteiger charge is 2.22. The summed E-state index contributed by atoms with van der Waals surface area (Å²) in [6, 6.07) is 4.62. The molecule has 2 aromatic rings. The number of halogens is 1. The van der Waals surface area contributed by atoms with E-state index in [0.29, 0.717) is 28.6 Å². The van der Waals surface area contributed by atoms with Crippen molar-refractivity contribution in [2.75, 3.05) is 17.2 Å². The fourth-order valence-corrected chi connectivity index (χ4v) is 2.72. The molecular formula is C17H17ClN4O3. The van der Waals surface area contributed by atoms with Crippen LogP contribution in [0.2, 0.25) is 5.02 Å². The van der Waals surface area contributed by atoms with Gasteiger partial charge in [0.2, 0.25) is 11.9 Å². The van der Waals surface area contributed by atoms with E-state index in [9.17, 15) is 9.59 Å². The van der Waals surface area contributed by atoms with Crippen molar-refractivity contribution in [1.82, 2.24) is 9.97 Å². The molecule has 130 valence electrons. The summed E-state index contributed by atoms with van der Waals surface area (Å²) in [5, 5.41) is 6.26. The zero-order valence-corrected chi connectivity index (χ0v) is 14.6. The molecule has 1 atom stereocenters. The Labute approximate surface area is 149 Å². The van der Waals surface area contributed by atoms with Crippen LogP contribution in [0.15, 0.2) is 24.4 Å². The van der Waals surface area contributed by atoms with Crippen molar-refractivity contribution in [3.05, 3.63) is 35.0 Å². The summed E-state index contributed by atoms with van der Waals surface area (Å²) in [6.07, 6.45) is 1.75. The molecule has 1 aliphatic rings. The van der Waals surface area contributed by atoms with Gasteiger partial charge in [0.15, 0.2) is 0 Å². The molecule has 0 saturated carbocycles. The molecule has 0 unspecified atom stereocenters. The van der Waals surface area contributed by atoms with Crippen molar-refractivity contribution in [2.24, 2.45) is 0 Å². The third-order valence-corrected chi connectivity index (χ3v) is 3.95. The Morgan fingerprint density at radius 1 is 1.48 bits per heavy atom. The SMILES string of the molecule is CCOC(=O)[C@H](C)Nc1ncc2c(n1)-c1ccc(Cl)cc1NC(=O)C2. The minimum atomic E-state index is -0.590. The van der Waals surface area contributed by atoms with Crippen LogP contribution in [0.5, 0.6) is 0 Å². The van der Waals surface area contributed by atoms with E-state index in [4.69, 9.17) is 16.3 Å². The Bertz CT molecular complexity index is 841. The van der Waals surface area contributed by atoms with Crippen LogP contribution in [0.4, 0.5) is 11.6 Å². The van der Waals surface area contributed by atoms with Crippen LogP contribution < -0.4 is 10.6 Å². The van der Waals surface area contributed by atoms with Gasteiger partial charge < -0.3 is 15.4 Å². The molecule has 1 aliphatic heterocycles. The van der Waals surface area contributed by atoms with E-state index in [0.717, 1.165) is 5.56 Å². The second-order valence-corrected chi connectivity index (χ2v) is 6.04. The third kappa shape index (κ3) is 3.71. The van der Waals surface area contributed by atoms with Gasteiger partial charge in [0.05, 0.1) is 24.4 Å². The van der Waals surface area contributed by atoms with Gasteiger partial charge in [-0.15, -0.1) is 0 Å². The number of carbonyl (C=O) groups is 2. The lowest BCUT2D eigenvalue weighted by molar-refractivity contribution is -0.143. The van der Waals surface area contributed by atoms with E-state index >= 15 is 0 Å². The molecule has 0 radical (unpaired) electrons. The molecule has 25 heavy (non-hydrogen) atoms. The standard InChI is InChI=1S/C17H17ClN4O3/c1-3-25-16(24)9(2)20-17-19-8-10-6-14(23)21-13-7-11(18)4-5-12(13)15(10)22-17/h4-5,7-9H,3,6H2,1-2H3,(H,21,23)(H,19,20,22)/t9-/m0/s1. The second kappa shape index (κ2) is 7.06. The van der Waals surface area contributed by atoms with Gasteiger partial charge in [-0.2, -0.15) is 0 Å². The molecule has 3 rings (SSSR count). The maximum atomic E-state index is 12.1. The van der Waals surface area contributed by atoms with Crippen molar-refractivity contribution in [1.29, 1.82) is 0 Å². The van der Waals surface area contributed by atoms with Crippen molar-refractivity contribution >= 4 is 35.1 Å². The Morgan fingerprint density at radius 3 is 3.04 bits per heavy atom. The summed E-state index contributed by atoms with van der Waals surface area (Å²) in [7, 11) is 0. The van der Waals surface area contributed by atoms with E-state index in [-0.39, 0.29) is 24.2 Å². The molecule has 7 nitrogen and oxygen atoms in total. The summed E-state index contributed by atoms with van der Waals surface area (Å²) in [5.41, 5.74) is 2.67. The summed E-state index contributed by atoms with van der Waals surface area (Å²) in [6.45, 7) is 3.72. The third-order valence-electron chi connectivity index (χ3n) is 3.71. The molecule has 8 heteroatoms. The average Bonchev–Trinajstić information content (AvgIpc) is 2.69. The molecule has 0 aliphatic carbocycles. The van der Waals surface area contributed by atoms with Gasteiger partial charge in [-0.05, 0) is 32.0 Å². The normalized spacial score (nSPS) is 13.8. The molecule has 2 N–H and O–H groups in total. The molecule has 0 bridgehead atoms. The number of hydrogen-bond donors (Lipinski definition) is 2. The number of nitrogens with zero attached hydrogens (tertiary/aromatic N) is 2. The van der Waals surface area contributed by atoms with Crippen molar-refractivity contribution in [3.8, 4) is 11.3 Å². The number of hydrogen-bond acceptors (Lipinski definition) is 6. The van der Waals surface area contributed by atoms with Crippen LogP contribution >= 0.6 is 11.6 Å². The van der Waals surface area contributed by atoms with Gasteiger partial charge in [-0.25, -0.2) is 14.8 Å². The zero-order valence-electron chi connectivity index (χ0n) is 13.8. The predicted octanol–water partition coefficient (Wildman–Crippen LogP) is 2.66. The Kier molecular flexibility index (Phi) is 4.85. The summed E-state index contributed by atoms with van der Waals surface area (Å²) in [4.78, 5) is 32.5. The van der Waals surface area contributed by atoms with Gasteiger partial charge >= 0.3 is 5.97 Å². The first-order chi connectivity index (χ1) is 12.0. The molecule has 2 heterocycles. The highest BCUT2D eigenvalue weighted by Crippen LogP contribution is 2.34. The molecule has 0 saturated heterocycles. The van der Waals surface area contributed by atoms with Crippen molar-refractivity contribution in [3.63, 3.8) is 0 Å². The number of carbonyl (C=O) groups excluding carboxylic acids is 2. The highest BCUT2D eigenvalue weighted by molar-refractivity contribution is 6.31. The first-order valence-corrected chi connectivity index (χ1v) is 8.24. The van der Waals surface area contributed by atoms with Gasteiger partial charge in [-0.1, -0.05) is 11.6 Å². The smallest absolute Gasteiger partial charge is 0.328 e. The number of benzene rings is 1. The van der Waals surface area contributed by atoms with E-state index in [1.165, 1.54) is 0 Å². The first kappa shape index (κ1) is 17.2. The van der Waals surface area contributed by atoms with Gasteiger partial charge in [-0.3, -0.25) is 4.79 Å². The van der Waals surface area contributed by atoms with Crippen LogP contribution in [0.25, 0.3) is 11.3 Å². The number of amides is 1. The zero-order chi connectivity index (χ0) is 18.0. The van der Waals surface area contributed by atoms with Crippen molar-refractivity contribution in [2.45, 2.75) is 26.3 Å². The van der Waals surface area contributed by atoms with E-state index in [1.54, 1.807) is 38.2 Å². The number of esters is 1. The molecule has 0 fully saturated rings. The van der Waals surface area contributed by atoms with Gasteiger partial charge in [0.1, 0.15) is 6.04 Å². The molecule has 1 aromatic heterocycles. The molecular weight excluding hydrogens is 344 g/mol. The molecule has 1 amide bonds. The monoisotopic (exact) mass is 360 g/mol. The predicted molar refractivity (Wildman–Crippen MR) is 94.5 cm³/mol. The van der Waals surface area contributed by atoms with Crippen LogP contribution in [-0.2, 0) is 20.7 Å². The number of ether oxygens (including phenoxy) is 1. The summed E-state index contributed by atoms with van der Waals surface area (Å²) < 4.78 is 4.97. The average molecular weight is 361 g/mol. The van der Waals surface area contributed by atoms with Crippen LogP contribution in [0, 0.1) is 0 Å². The lowest BCUT2D eigenvalue weighted by atomic mass is 10.1. The van der Waals surface area contributed by atoms with E-state index in [1.807, 2.05) is 0 Å². The van der Waals surface area contributed by atoms with Crippen LogP contribution in [-0.4, -0.2) is 34.5 Å². The summed E-state index contributed by atoms with van der Waals surface area (Å²) >= 11 is 6.02. The quantitative estimate of drug-likeness (QED) is 0.814. The highest BCUT2D eigenvalue weighted by atomic mass is 35.5. The number of fused-ring (bicyclic) bond motifs is 3. The minimum absolute atomic E-state index is 0.161. The van der Waals surface area contributed by atoms with E-state index < -0.39 is 6.04 Å². The topological polar surface area (TPSA) is 93.2 Å². The van der Waals surface area contributed by atoms with Crippen LogP contribution in [0.1, 0.15) is 19.4 Å². The fourth-order valence-electron chi connectivity index (χ4n) is 2.55. The maximum absolute atomic E-state index is 12.1. The van der Waals surface area contributed by atoms with Crippen molar-refractivity contribution < 1.29 is 14.3 Å². The number of rotatable bonds is 4. The Morgan fingerprint density at radius 2 is 2.28 bits per heavy atom. The van der Waals surface area contributed by atoms with Gasteiger partial charge in [0, 0.05) is 22.3 Å². The molecule has 1 aromatic carbocycles. The number of aromatic nitrogens is 2. The fraction of sp³-hybridized carbons (Fsp3) is 0.294.